The Balaban J connectivity index is 2.01. The second-order valence-corrected chi connectivity index (χ2v) is 5.58. The van der Waals surface area contributed by atoms with E-state index in [1.807, 2.05) is 0 Å². The Morgan fingerprint density at radius 2 is 1.81 bits per heavy atom. The Labute approximate surface area is 122 Å². The third-order valence-corrected chi connectivity index (χ3v) is 4.11. The zero-order valence-electron chi connectivity index (χ0n) is 12.0. The van der Waals surface area contributed by atoms with Crippen LogP contribution in [-0.4, -0.2) is 4.57 Å². The van der Waals surface area contributed by atoms with Gasteiger partial charge in [-0.2, -0.15) is 13.2 Å². The Morgan fingerprint density at radius 3 is 2.43 bits per heavy atom. The van der Waals surface area contributed by atoms with Crippen LogP contribution in [0.3, 0.4) is 0 Å². The van der Waals surface area contributed by atoms with E-state index in [9.17, 15) is 13.2 Å². The predicted octanol–water partition coefficient (Wildman–Crippen LogP) is 5.07. The van der Waals surface area contributed by atoms with Gasteiger partial charge in [-0.3, -0.25) is 0 Å². The topological polar surface area (TPSA) is 4.93 Å². The lowest BCUT2D eigenvalue weighted by atomic mass is 10.1. The lowest BCUT2D eigenvalue weighted by molar-refractivity contribution is -0.137. The molecule has 0 amide bonds. The summed E-state index contributed by atoms with van der Waals surface area (Å²) in [7, 11) is 0. The van der Waals surface area contributed by atoms with E-state index in [0.717, 1.165) is 37.1 Å². The highest BCUT2D eigenvalue weighted by Crippen LogP contribution is 2.34. The zero-order chi connectivity index (χ0) is 15.0. The van der Waals surface area contributed by atoms with E-state index < -0.39 is 11.7 Å². The first-order valence-corrected chi connectivity index (χ1v) is 7.39. The van der Waals surface area contributed by atoms with Gasteiger partial charge in [-0.05, 0) is 55.0 Å². The number of halogens is 3. The summed E-state index contributed by atoms with van der Waals surface area (Å²) >= 11 is 0. The van der Waals surface area contributed by atoms with Crippen molar-refractivity contribution in [2.75, 3.05) is 0 Å². The maximum absolute atomic E-state index is 12.6. The minimum Gasteiger partial charge on any atom is -0.344 e. The molecule has 0 saturated heterocycles. The van der Waals surface area contributed by atoms with Crippen LogP contribution in [0.25, 0.3) is 11.3 Å². The summed E-state index contributed by atoms with van der Waals surface area (Å²) in [5, 5.41) is 0. The minimum atomic E-state index is -4.27. The average molecular weight is 293 g/mol. The molecule has 0 fully saturated rings. The highest BCUT2D eigenvalue weighted by molar-refractivity contribution is 5.63. The fourth-order valence-corrected chi connectivity index (χ4v) is 3.15. The number of aryl methyl sites for hydroxylation is 1. The summed E-state index contributed by atoms with van der Waals surface area (Å²) in [5.74, 6) is 0. The van der Waals surface area contributed by atoms with Crippen LogP contribution in [0.4, 0.5) is 13.2 Å². The van der Waals surface area contributed by atoms with E-state index >= 15 is 0 Å². The van der Waals surface area contributed by atoms with E-state index in [2.05, 4.69) is 17.6 Å². The molecule has 0 spiro atoms. The lowest BCUT2D eigenvalue weighted by Crippen LogP contribution is -2.05. The molecular weight excluding hydrogens is 275 g/mol. The average Bonchev–Trinajstić information content (AvgIpc) is 3.01. The Morgan fingerprint density at radius 1 is 1.10 bits per heavy atom. The van der Waals surface area contributed by atoms with E-state index in [4.69, 9.17) is 0 Å². The molecule has 21 heavy (non-hydrogen) atoms. The molecule has 112 valence electrons. The number of rotatable bonds is 3. The Kier molecular flexibility index (Phi) is 3.56. The molecule has 1 aromatic heterocycles. The molecular formula is C17H18F3N. The van der Waals surface area contributed by atoms with Crippen LogP contribution in [0.15, 0.2) is 30.3 Å². The van der Waals surface area contributed by atoms with Crippen molar-refractivity contribution >= 4 is 0 Å². The fourth-order valence-electron chi connectivity index (χ4n) is 3.15. The maximum Gasteiger partial charge on any atom is 0.416 e. The number of hydrogen-bond acceptors (Lipinski definition) is 0. The molecule has 0 unspecified atom stereocenters. The van der Waals surface area contributed by atoms with Gasteiger partial charge < -0.3 is 4.57 Å². The van der Waals surface area contributed by atoms with Crippen LogP contribution in [0, 0.1) is 0 Å². The van der Waals surface area contributed by atoms with Crippen LogP contribution >= 0.6 is 0 Å². The number of alkyl halides is 3. The molecule has 2 aromatic rings. The van der Waals surface area contributed by atoms with Crippen LogP contribution < -0.4 is 0 Å². The Bertz CT molecular complexity index is 635. The molecule has 0 saturated carbocycles. The maximum atomic E-state index is 12.6. The Hall–Kier alpha value is -1.71. The van der Waals surface area contributed by atoms with E-state index in [-0.39, 0.29) is 0 Å². The molecule has 0 radical (unpaired) electrons. The summed E-state index contributed by atoms with van der Waals surface area (Å²) in [6, 6.07) is 7.66. The first-order chi connectivity index (χ1) is 10.0. The predicted molar refractivity (Wildman–Crippen MR) is 77.2 cm³/mol. The van der Waals surface area contributed by atoms with Crippen molar-refractivity contribution in [2.24, 2.45) is 0 Å². The van der Waals surface area contributed by atoms with Gasteiger partial charge >= 0.3 is 6.18 Å². The zero-order valence-corrected chi connectivity index (χ0v) is 12.0. The van der Waals surface area contributed by atoms with Crippen molar-refractivity contribution in [3.63, 3.8) is 0 Å². The number of benzene rings is 1. The van der Waals surface area contributed by atoms with E-state index in [1.54, 1.807) is 12.1 Å². The van der Waals surface area contributed by atoms with Gasteiger partial charge in [0.1, 0.15) is 0 Å². The molecule has 4 heteroatoms. The molecule has 3 rings (SSSR count). The van der Waals surface area contributed by atoms with Crippen LogP contribution in [0.1, 0.15) is 36.6 Å². The molecule has 0 bridgehead atoms. The molecule has 0 N–H and O–H groups in total. The van der Waals surface area contributed by atoms with Crippen LogP contribution in [0.5, 0.6) is 0 Å². The summed E-state index contributed by atoms with van der Waals surface area (Å²) in [5.41, 5.74) is 4.05. The van der Waals surface area contributed by atoms with Gasteiger partial charge in [0, 0.05) is 17.9 Å². The molecule has 1 aliphatic carbocycles. The first kappa shape index (κ1) is 14.2. The molecule has 1 aliphatic rings. The summed E-state index contributed by atoms with van der Waals surface area (Å²) in [6.45, 7) is 3.05. The van der Waals surface area contributed by atoms with Crippen LogP contribution in [-0.2, 0) is 25.6 Å². The third kappa shape index (κ3) is 2.59. The summed E-state index contributed by atoms with van der Waals surface area (Å²) < 4.78 is 40.2. The first-order valence-electron chi connectivity index (χ1n) is 7.39. The molecule has 0 atom stereocenters. The SMILES string of the molecule is CCCn1c(-c2ccc(C(F)(F)F)cc2)cc2c1CCC2. The monoisotopic (exact) mass is 293 g/mol. The van der Waals surface area contributed by atoms with Crippen LogP contribution in [0.2, 0.25) is 0 Å². The smallest absolute Gasteiger partial charge is 0.344 e. The lowest BCUT2D eigenvalue weighted by Gasteiger charge is -2.13. The van der Waals surface area contributed by atoms with Crippen molar-refractivity contribution in [3.05, 3.63) is 47.2 Å². The van der Waals surface area contributed by atoms with Gasteiger partial charge in [-0.25, -0.2) is 0 Å². The number of nitrogens with zero attached hydrogens (tertiary/aromatic N) is 1. The standard InChI is InChI=1S/C17H18F3N/c1-2-10-21-15-5-3-4-13(15)11-16(21)12-6-8-14(9-7-12)17(18,19)20/h6-9,11H,2-5,10H2,1H3. The number of aromatic nitrogens is 1. The van der Waals surface area contributed by atoms with Gasteiger partial charge in [0.25, 0.3) is 0 Å². The van der Waals surface area contributed by atoms with Crippen molar-refractivity contribution < 1.29 is 13.2 Å². The molecule has 0 aliphatic heterocycles. The highest BCUT2D eigenvalue weighted by Gasteiger charge is 2.30. The van der Waals surface area contributed by atoms with E-state index in [1.165, 1.54) is 29.8 Å². The summed E-state index contributed by atoms with van der Waals surface area (Å²) in [6.07, 6.45) is 0.0950. The normalized spacial score (nSPS) is 14.5. The molecule has 1 heterocycles. The van der Waals surface area contributed by atoms with Crippen molar-refractivity contribution in [3.8, 4) is 11.3 Å². The molecule has 1 nitrogen and oxygen atoms in total. The van der Waals surface area contributed by atoms with Gasteiger partial charge in [0.05, 0.1) is 5.56 Å². The summed E-state index contributed by atoms with van der Waals surface area (Å²) in [4.78, 5) is 0. The van der Waals surface area contributed by atoms with Gasteiger partial charge in [0.2, 0.25) is 0 Å². The number of fused-ring (bicyclic) bond motifs is 1. The molecule has 1 aromatic carbocycles. The largest absolute Gasteiger partial charge is 0.416 e. The fraction of sp³-hybridized carbons (Fsp3) is 0.412. The van der Waals surface area contributed by atoms with Crippen molar-refractivity contribution in [2.45, 2.75) is 45.3 Å². The minimum absolute atomic E-state index is 0.590. The van der Waals surface area contributed by atoms with Crippen molar-refractivity contribution in [1.82, 2.24) is 4.57 Å². The van der Waals surface area contributed by atoms with E-state index in [0.29, 0.717) is 0 Å². The van der Waals surface area contributed by atoms with Gasteiger partial charge in [-0.15, -0.1) is 0 Å². The van der Waals surface area contributed by atoms with Crippen molar-refractivity contribution in [1.29, 1.82) is 0 Å². The second kappa shape index (κ2) is 5.24. The van der Waals surface area contributed by atoms with Gasteiger partial charge in [0.15, 0.2) is 0 Å². The second-order valence-electron chi connectivity index (χ2n) is 5.58. The highest BCUT2D eigenvalue weighted by atomic mass is 19.4. The third-order valence-electron chi connectivity index (χ3n) is 4.11. The number of hydrogen-bond donors (Lipinski definition) is 0. The van der Waals surface area contributed by atoms with Gasteiger partial charge in [-0.1, -0.05) is 19.1 Å². The quantitative estimate of drug-likeness (QED) is 0.744.